The smallest absolute Gasteiger partial charge is 0.246 e. The molecule has 0 unspecified atom stereocenters. The first kappa shape index (κ1) is 25.6. The Hall–Kier alpha value is -2.00. The van der Waals surface area contributed by atoms with Crippen LogP contribution in [0.4, 0.5) is 4.39 Å². The van der Waals surface area contributed by atoms with Crippen LogP contribution in [0, 0.1) is 11.7 Å². The summed E-state index contributed by atoms with van der Waals surface area (Å²) in [6.45, 7) is 4.95. The molecular weight excluding hydrogens is 449 g/mol. The highest BCUT2D eigenvalue weighted by Crippen LogP contribution is 2.19. The van der Waals surface area contributed by atoms with Gasteiger partial charge in [-0.1, -0.05) is 17.7 Å². The van der Waals surface area contributed by atoms with Gasteiger partial charge in [0, 0.05) is 58.2 Å². The molecule has 7 nitrogen and oxygen atoms in total. The number of aliphatic hydroxyl groups is 1. The number of nitrogens with zero attached hydrogens (tertiary/aromatic N) is 3. The summed E-state index contributed by atoms with van der Waals surface area (Å²) in [5, 5.41) is 10.3. The number of rotatable bonds is 8. The minimum Gasteiger partial charge on any atom is -0.391 e. The number of carbonyl (C=O) groups excluding carboxylic acids is 2. The second-order valence-corrected chi connectivity index (χ2v) is 9.10. The van der Waals surface area contributed by atoms with Crippen molar-refractivity contribution in [2.75, 3.05) is 59.5 Å². The van der Waals surface area contributed by atoms with E-state index in [-0.39, 0.29) is 28.9 Å². The highest BCUT2D eigenvalue weighted by Gasteiger charge is 2.28. The van der Waals surface area contributed by atoms with E-state index in [1.165, 1.54) is 18.2 Å². The van der Waals surface area contributed by atoms with Crippen molar-refractivity contribution in [3.05, 3.63) is 40.7 Å². The topological polar surface area (TPSA) is 73.3 Å². The maximum absolute atomic E-state index is 13.3. The SMILES string of the molecule is COC[C@@H]1CCN(CCCN2CCN(C(=O)C=Cc3ccc(F)c(Cl)c3)CCC2=O)C[C@@H]1O. The number of amides is 2. The minimum absolute atomic E-state index is 0.00877. The normalized spacial score (nSPS) is 22.7. The van der Waals surface area contributed by atoms with Crippen LogP contribution in [-0.2, 0) is 14.3 Å². The van der Waals surface area contributed by atoms with Gasteiger partial charge in [0.2, 0.25) is 11.8 Å². The number of benzene rings is 1. The predicted octanol–water partition coefficient (Wildman–Crippen LogP) is 2.27. The highest BCUT2D eigenvalue weighted by molar-refractivity contribution is 6.30. The fourth-order valence-corrected chi connectivity index (χ4v) is 4.54. The molecule has 9 heteroatoms. The van der Waals surface area contributed by atoms with E-state index in [9.17, 15) is 19.1 Å². The number of methoxy groups -OCH3 is 1. The zero-order valence-electron chi connectivity index (χ0n) is 19.1. The van der Waals surface area contributed by atoms with Crippen molar-refractivity contribution in [2.45, 2.75) is 25.4 Å². The molecule has 2 saturated heterocycles. The average Bonchev–Trinajstić information content (AvgIpc) is 2.98. The molecule has 2 aliphatic heterocycles. The molecule has 0 bridgehead atoms. The summed E-state index contributed by atoms with van der Waals surface area (Å²) in [6, 6.07) is 4.28. The van der Waals surface area contributed by atoms with Crippen molar-refractivity contribution in [3.63, 3.8) is 0 Å². The van der Waals surface area contributed by atoms with Crippen molar-refractivity contribution >= 4 is 29.5 Å². The molecule has 2 aliphatic rings. The molecule has 33 heavy (non-hydrogen) atoms. The maximum atomic E-state index is 13.3. The van der Waals surface area contributed by atoms with E-state index in [0.29, 0.717) is 51.3 Å². The van der Waals surface area contributed by atoms with Crippen LogP contribution in [0.5, 0.6) is 0 Å². The molecule has 2 heterocycles. The summed E-state index contributed by atoms with van der Waals surface area (Å²) in [4.78, 5) is 30.8. The number of β-amino-alcohol motifs (C(OH)–C–C–N with tert-alkyl or cyclic N) is 1. The Balaban J connectivity index is 1.43. The summed E-state index contributed by atoms with van der Waals surface area (Å²) < 4.78 is 18.4. The summed E-state index contributed by atoms with van der Waals surface area (Å²) in [5.74, 6) is -0.439. The third-order valence-electron chi connectivity index (χ3n) is 6.35. The van der Waals surface area contributed by atoms with E-state index in [2.05, 4.69) is 4.90 Å². The van der Waals surface area contributed by atoms with Gasteiger partial charge >= 0.3 is 0 Å². The van der Waals surface area contributed by atoms with Gasteiger partial charge in [-0.2, -0.15) is 0 Å². The van der Waals surface area contributed by atoms with E-state index in [4.69, 9.17) is 16.3 Å². The summed E-state index contributed by atoms with van der Waals surface area (Å²) in [5.41, 5.74) is 0.638. The van der Waals surface area contributed by atoms with Crippen LogP contribution in [0.2, 0.25) is 5.02 Å². The molecule has 3 rings (SSSR count). The van der Waals surface area contributed by atoms with Gasteiger partial charge in [-0.3, -0.25) is 9.59 Å². The van der Waals surface area contributed by atoms with Crippen LogP contribution in [0.25, 0.3) is 6.08 Å². The molecule has 2 atom stereocenters. The van der Waals surface area contributed by atoms with Gasteiger partial charge in [-0.25, -0.2) is 4.39 Å². The third-order valence-corrected chi connectivity index (χ3v) is 6.64. The van der Waals surface area contributed by atoms with Gasteiger partial charge in [0.15, 0.2) is 0 Å². The number of carbonyl (C=O) groups is 2. The van der Waals surface area contributed by atoms with E-state index in [1.807, 2.05) is 4.90 Å². The zero-order valence-corrected chi connectivity index (χ0v) is 19.8. The number of hydrogen-bond acceptors (Lipinski definition) is 5. The van der Waals surface area contributed by atoms with Crippen molar-refractivity contribution in [3.8, 4) is 0 Å². The molecule has 1 N–H and O–H groups in total. The fraction of sp³-hybridized carbons (Fsp3) is 0.583. The monoisotopic (exact) mass is 481 g/mol. The first-order chi connectivity index (χ1) is 15.9. The molecule has 0 aliphatic carbocycles. The second kappa shape index (κ2) is 12.5. The van der Waals surface area contributed by atoms with Gasteiger partial charge in [-0.15, -0.1) is 0 Å². The van der Waals surface area contributed by atoms with Crippen LogP contribution in [0.1, 0.15) is 24.8 Å². The largest absolute Gasteiger partial charge is 0.391 e. The number of ether oxygens (including phenoxy) is 1. The summed E-state index contributed by atoms with van der Waals surface area (Å²) >= 11 is 5.78. The summed E-state index contributed by atoms with van der Waals surface area (Å²) in [7, 11) is 1.66. The molecular formula is C24H33ClFN3O4. The number of halogens is 2. The molecule has 182 valence electrons. The Kier molecular flexibility index (Phi) is 9.67. The Morgan fingerprint density at radius 2 is 2.09 bits per heavy atom. The molecule has 1 aromatic carbocycles. The van der Waals surface area contributed by atoms with E-state index < -0.39 is 5.82 Å². The van der Waals surface area contributed by atoms with Crippen LogP contribution in [0.15, 0.2) is 24.3 Å². The van der Waals surface area contributed by atoms with Gasteiger partial charge < -0.3 is 24.5 Å². The third kappa shape index (κ3) is 7.50. The molecule has 0 spiro atoms. The van der Waals surface area contributed by atoms with Crippen molar-refractivity contribution in [1.29, 1.82) is 0 Å². The van der Waals surface area contributed by atoms with E-state index >= 15 is 0 Å². The van der Waals surface area contributed by atoms with E-state index in [1.54, 1.807) is 24.2 Å². The Morgan fingerprint density at radius 3 is 2.82 bits per heavy atom. The van der Waals surface area contributed by atoms with Gasteiger partial charge in [0.1, 0.15) is 5.82 Å². The second-order valence-electron chi connectivity index (χ2n) is 8.69. The zero-order chi connectivity index (χ0) is 23.8. The predicted molar refractivity (Wildman–Crippen MR) is 125 cm³/mol. The van der Waals surface area contributed by atoms with Gasteiger partial charge in [-0.05, 0) is 49.7 Å². The molecule has 2 amide bonds. The molecule has 0 aromatic heterocycles. The minimum atomic E-state index is -0.502. The maximum Gasteiger partial charge on any atom is 0.246 e. The first-order valence-corrected chi connectivity index (χ1v) is 11.8. The average molecular weight is 482 g/mol. The van der Waals surface area contributed by atoms with Crippen LogP contribution >= 0.6 is 11.6 Å². The lowest BCUT2D eigenvalue weighted by Crippen LogP contribution is -2.46. The van der Waals surface area contributed by atoms with Crippen molar-refractivity contribution in [1.82, 2.24) is 14.7 Å². The fourth-order valence-electron chi connectivity index (χ4n) is 4.35. The lowest BCUT2D eigenvalue weighted by Gasteiger charge is -2.36. The Morgan fingerprint density at radius 1 is 1.27 bits per heavy atom. The lowest BCUT2D eigenvalue weighted by molar-refractivity contribution is -0.130. The Bertz CT molecular complexity index is 853. The molecule has 2 fully saturated rings. The molecule has 0 radical (unpaired) electrons. The molecule has 0 saturated carbocycles. The number of hydrogen-bond donors (Lipinski definition) is 1. The summed E-state index contributed by atoms with van der Waals surface area (Å²) in [6.07, 6.45) is 4.68. The van der Waals surface area contributed by atoms with Gasteiger partial charge in [0.25, 0.3) is 0 Å². The van der Waals surface area contributed by atoms with E-state index in [0.717, 1.165) is 25.9 Å². The number of piperidine rings is 1. The van der Waals surface area contributed by atoms with Crippen molar-refractivity contribution < 1.29 is 23.8 Å². The Labute approximate surface area is 199 Å². The standard InChI is InChI=1S/C24H33ClFN3O4/c1-33-17-19-7-11-27(16-22(19)30)9-2-10-28-13-14-29(12-8-24(28)32)23(31)6-4-18-3-5-21(26)20(25)15-18/h3-6,15,19,22,30H,2,7-14,16-17H2,1H3/t19-,22-/m0/s1. The van der Waals surface area contributed by atoms with Gasteiger partial charge in [0.05, 0.1) is 17.7 Å². The highest BCUT2D eigenvalue weighted by atomic mass is 35.5. The van der Waals surface area contributed by atoms with Crippen LogP contribution in [0.3, 0.4) is 0 Å². The lowest BCUT2D eigenvalue weighted by atomic mass is 9.94. The number of aliphatic hydroxyl groups excluding tert-OH is 1. The quantitative estimate of drug-likeness (QED) is 0.577. The first-order valence-electron chi connectivity index (χ1n) is 11.5. The number of likely N-dealkylation sites (tertiary alicyclic amines) is 1. The molecule has 1 aromatic rings. The van der Waals surface area contributed by atoms with Crippen molar-refractivity contribution in [2.24, 2.45) is 5.92 Å². The van der Waals surface area contributed by atoms with Crippen LogP contribution in [-0.4, -0.2) is 97.3 Å². The van der Waals surface area contributed by atoms with Crippen LogP contribution < -0.4 is 0 Å².